The van der Waals surface area contributed by atoms with Gasteiger partial charge in [0.1, 0.15) is 18.1 Å². The normalized spacial score (nSPS) is 14.5. The molecule has 0 bridgehead atoms. The van der Waals surface area contributed by atoms with Crippen molar-refractivity contribution in [3.8, 4) is 11.5 Å². The molecular weight excluding hydrogens is 498 g/mol. The van der Waals surface area contributed by atoms with Crippen molar-refractivity contribution in [3.05, 3.63) is 82.9 Å². The fourth-order valence-electron chi connectivity index (χ4n) is 4.68. The maximum Gasteiger partial charge on any atom is 0.335 e. The number of nitrogens with one attached hydrogen (secondary N) is 2. The van der Waals surface area contributed by atoms with Gasteiger partial charge in [-0.15, -0.1) is 0 Å². The molecule has 1 atom stereocenters. The number of nitrogens with zero attached hydrogens (tertiary/aromatic N) is 1. The number of para-hydroxylation sites is 1. The van der Waals surface area contributed by atoms with Gasteiger partial charge in [-0.1, -0.05) is 24.3 Å². The van der Waals surface area contributed by atoms with E-state index in [0.717, 1.165) is 29.5 Å². The molecule has 3 amide bonds. The molecule has 4 rings (SSSR count). The highest BCUT2D eigenvalue weighted by Gasteiger charge is 2.29. The molecule has 39 heavy (non-hydrogen) atoms. The SMILES string of the molecule is COc1cc(CC(=O)N2CCCC2COc2ccc(C(=O)O)cc2C)ccc1NC(=O)Nc1ccccc1C. The lowest BCUT2D eigenvalue weighted by atomic mass is 10.1. The predicted molar refractivity (Wildman–Crippen MR) is 149 cm³/mol. The van der Waals surface area contributed by atoms with Gasteiger partial charge in [0.25, 0.3) is 0 Å². The Labute approximate surface area is 227 Å². The van der Waals surface area contributed by atoms with Gasteiger partial charge in [0.05, 0.1) is 30.8 Å². The standard InChI is InChI=1S/C30H33N3O6/c1-19-7-4-5-9-24(19)31-30(37)32-25-12-10-21(16-27(25)38-3)17-28(34)33-14-6-8-23(33)18-39-26-13-11-22(29(35)36)15-20(26)2/h4-5,7,9-13,15-16,23H,6,8,14,17-18H2,1-3H3,(H,35,36)(H2,31,32,37). The van der Waals surface area contributed by atoms with Gasteiger partial charge in [-0.05, 0) is 79.8 Å². The Balaban J connectivity index is 1.36. The molecule has 1 aliphatic heterocycles. The number of rotatable bonds is 9. The Morgan fingerprint density at radius 3 is 2.44 bits per heavy atom. The fourth-order valence-corrected chi connectivity index (χ4v) is 4.68. The zero-order valence-electron chi connectivity index (χ0n) is 22.3. The minimum atomic E-state index is -0.983. The third-order valence-electron chi connectivity index (χ3n) is 6.81. The highest BCUT2D eigenvalue weighted by Crippen LogP contribution is 2.28. The minimum Gasteiger partial charge on any atom is -0.495 e. The number of benzene rings is 3. The topological polar surface area (TPSA) is 117 Å². The van der Waals surface area contributed by atoms with Crippen molar-refractivity contribution in [2.75, 3.05) is 30.9 Å². The third-order valence-corrected chi connectivity index (χ3v) is 6.81. The fraction of sp³-hybridized carbons (Fsp3) is 0.300. The summed E-state index contributed by atoms with van der Waals surface area (Å²) >= 11 is 0. The largest absolute Gasteiger partial charge is 0.495 e. The summed E-state index contributed by atoms with van der Waals surface area (Å²) in [6.07, 6.45) is 1.91. The third kappa shape index (κ3) is 6.87. The van der Waals surface area contributed by atoms with Crippen molar-refractivity contribution in [1.82, 2.24) is 4.90 Å². The van der Waals surface area contributed by atoms with Crippen LogP contribution in [0.1, 0.15) is 39.9 Å². The molecule has 1 aliphatic rings. The van der Waals surface area contributed by atoms with Gasteiger partial charge >= 0.3 is 12.0 Å². The monoisotopic (exact) mass is 531 g/mol. The van der Waals surface area contributed by atoms with E-state index in [1.807, 2.05) is 36.1 Å². The van der Waals surface area contributed by atoms with E-state index in [2.05, 4.69) is 10.6 Å². The van der Waals surface area contributed by atoms with Crippen LogP contribution in [0.2, 0.25) is 0 Å². The van der Waals surface area contributed by atoms with Gasteiger partial charge in [-0.25, -0.2) is 9.59 Å². The average molecular weight is 532 g/mol. The number of carbonyl (C=O) groups excluding carboxylic acids is 2. The van der Waals surface area contributed by atoms with Gasteiger partial charge in [0, 0.05) is 12.2 Å². The Morgan fingerprint density at radius 1 is 0.949 bits per heavy atom. The van der Waals surface area contributed by atoms with Gasteiger partial charge in [-0.2, -0.15) is 0 Å². The molecule has 0 aromatic heterocycles. The second-order valence-corrected chi connectivity index (χ2v) is 9.59. The minimum absolute atomic E-state index is 0.0147. The van der Waals surface area contributed by atoms with E-state index in [-0.39, 0.29) is 30.0 Å². The van der Waals surface area contributed by atoms with Crippen molar-refractivity contribution in [1.29, 1.82) is 0 Å². The van der Waals surface area contributed by atoms with Crippen LogP contribution in [0.3, 0.4) is 0 Å². The molecule has 9 nitrogen and oxygen atoms in total. The van der Waals surface area contributed by atoms with E-state index in [0.29, 0.717) is 36.0 Å². The number of methoxy groups -OCH3 is 1. The first-order chi connectivity index (χ1) is 18.7. The van der Waals surface area contributed by atoms with Crippen LogP contribution >= 0.6 is 0 Å². The predicted octanol–water partition coefficient (Wildman–Crippen LogP) is 5.27. The van der Waals surface area contributed by atoms with Crippen molar-refractivity contribution in [2.45, 2.75) is 39.2 Å². The molecule has 3 aromatic carbocycles. The lowest BCUT2D eigenvalue weighted by Gasteiger charge is -2.25. The number of aryl methyl sites for hydroxylation is 2. The summed E-state index contributed by atoms with van der Waals surface area (Å²) in [6, 6.07) is 17.1. The zero-order valence-corrected chi connectivity index (χ0v) is 22.3. The molecular formula is C30H33N3O6. The Morgan fingerprint density at radius 2 is 1.72 bits per heavy atom. The smallest absolute Gasteiger partial charge is 0.335 e. The summed E-state index contributed by atoms with van der Waals surface area (Å²) in [4.78, 5) is 38.7. The quantitative estimate of drug-likeness (QED) is 0.346. The molecule has 3 N–H and O–H groups in total. The molecule has 0 spiro atoms. The molecule has 9 heteroatoms. The van der Waals surface area contributed by atoms with Crippen LogP contribution in [0.5, 0.6) is 11.5 Å². The van der Waals surface area contributed by atoms with Crippen molar-refractivity contribution < 1.29 is 29.0 Å². The van der Waals surface area contributed by atoms with E-state index in [1.165, 1.54) is 13.2 Å². The Hall–Kier alpha value is -4.53. The number of likely N-dealkylation sites (tertiary alicyclic amines) is 1. The number of ether oxygens (including phenoxy) is 2. The number of anilines is 2. The molecule has 204 valence electrons. The summed E-state index contributed by atoms with van der Waals surface area (Å²) in [7, 11) is 1.52. The van der Waals surface area contributed by atoms with E-state index < -0.39 is 5.97 Å². The van der Waals surface area contributed by atoms with E-state index >= 15 is 0 Å². The lowest BCUT2D eigenvalue weighted by Crippen LogP contribution is -2.40. The van der Waals surface area contributed by atoms with E-state index in [9.17, 15) is 14.4 Å². The summed E-state index contributed by atoms with van der Waals surface area (Å²) < 4.78 is 11.5. The molecule has 1 fully saturated rings. The average Bonchev–Trinajstić information content (AvgIpc) is 3.39. The Kier molecular flexibility index (Phi) is 8.70. The van der Waals surface area contributed by atoms with Crippen LogP contribution in [0.4, 0.5) is 16.2 Å². The van der Waals surface area contributed by atoms with E-state index in [4.69, 9.17) is 14.6 Å². The van der Waals surface area contributed by atoms with Crippen LogP contribution in [-0.4, -0.2) is 54.2 Å². The second kappa shape index (κ2) is 12.3. The maximum absolute atomic E-state index is 13.2. The highest BCUT2D eigenvalue weighted by molar-refractivity contribution is 6.01. The first-order valence-electron chi connectivity index (χ1n) is 12.8. The molecule has 1 unspecified atom stereocenters. The number of carboxylic acids is 1. The summed E-state index contributed by atoms with van der Waals surface area (Å²) in [6.45, 7) is 4.71. The number of carboxylic acid groups (broad SMARTS) is 1. The molecule has 3 aromatic rings. The van der Waals surface area contributed by atoms with Gasteiger partial charge < -0.3 is 30.1 Å². The number of hydrogen-bond donors (Lipinski definition) is 3. The number of carbonyl (C=O) groups is 3. The summed E-state index contributed by atoms with van der Waals surface area (Å²) in [5.74, 6) is 0.0720. The van der Waals surface area contributed by atoms with Crippen LogP contribution in [-0.2, 0) is 11.2 Å². The first-order valence-corrected chi connectivity index (χ1v) is 12.8. The summed E-state index contributed by atoms with van der Waals surface area (Å²) in [5, 5.41) is 14.8. The van der Waals surface area contributed by atoms with Gasteiger partial charge in [0.15, 0.2) is 0 Å². The zero-order chi connectivity index (χ0) is 27.9. The van der Waals surface area contributed by atoms with Crippen molar-refractivity contribution >= 4 is 29.3 Å². The maximum atomic E-state index is 13.2. The number of hydrogen-bond acceptors (Lipinski definition) is 5. The van der Waals surface area contributed by atoms with Crippen LogP contribution in [0, 0.1) is 13.8 Å². The van der Waals surface area contributed by atoms with Gasteiger partial charge in [0.2, 0.25) is 5.91 Å². The van der Waals surface area contributed by atoms with Crippen molar-refractivity contribution in [3.63, 3.8) is 0 Å². The second-order valence-electron chi connectivity index (χ2n) is 9.59. The number of amides is 3. The Bertz CT molecular complexity index is 1370. The first kappa shape index (κ1) is 27.5. The highest BCUT2D eigenvalue weighted by atomic mass is 16.5. The number of urea groups is 1. The van der Waals surface area contributed by atoms with Crippen LogP contribution in [0.25, 0.3) is 0 Å². The van der Waals surface area contributed by atoms with E-state index in [1.54, 1.807) is 37.3 Å². The molecule has 0 saturated carbocycles. The lowest BCUT2D eigenvalue weighted by molar-refractivity contribution is -0.131. The molecule has 0 aliphatic carbocycles. The molecule has 1 saturated heterocycles. The summed E-state index contributed by atoms with van der Waals surface area (Å²) in [5.41, 5.74) is 3.88. The molecule has 1 heterocycles. The van der Waals surface area contributed by atoms with Crippen LogP contribution in [0.15, 0.2) is 60.7 Å². The van der Waals surface area contributed by atoms with Gasteiger partial charge in [-0.3, -0.25) is 4.79 Å². The van der Waals surface area contributed by atoms with Crippen LogP contribution < -0.4 is 20.1 Å². The van der Waals surface area contributed by atoms with Crippen molar-refractivity contribution in [2.24, 2.45) is 0 Å². The molecule has 0 radical (unpaired) electrons. The number of aromatic carboxylic acids is 1.